The maximum absolute atomic E-state index is 12.3. The van der Waals surface area contributed by atoms with Crippen molar-refractivity contribution < 1.29 is 14.3 Å². The summed E-state index contributed by atoms with van der Waals surface area (Å²) in [5.41, 5.74) is 0.691. The molecule has 0 aliphatic rings. The Hall–Kier alpha value is -1.26. The fourth-order valence-corrected chi connectivity index (χ4v) is 2.34. The lowest BCUT2D eigenvalue weighted by Gasteiger charge is -2.21. The zero-order chi connectivity index (χ0) is 15.8. The molecule has 0 heterocycles. The molecule has 0 aromatic heterocycles. The van der Waals surface area contributed by atoms with Crippen LogP contribution in [0.3, 0.4) is 0 Å². The van der Waals surface area contributed by atoms with Crippen LogP contribution in [0.5, 0.6) is 0 Å². The molecule has 0 saturated carbocycles. The Morgan fingerprint density at radius 1 is 1.24 bits per heavy atom. The number of rotatable bonds is 7. The molecule has 21 heavy (non-hydrogen) atoms. The number of halogens is 2. The molecule has 6 heteroatoms. The molecule has 1 amide bonds. The Morgan fingerprint density at radius 2 is 1.95 bits per heavy atom. The number of carbonyl (C=O) groups excluding carboxylic acids is 2. The highest BCUT2D eigenvalue weighted by Gasteiger charge is 2.18. The highest BCUT2D eigenvalue weighted by atomic mass is 35.5. The van der Waals surface area contributed by atoms with Crippen molar-refractivity contribution in [1.29, 1.82) is 0 Å². The molecule has 0 spiro atoms. The first-order chi connectivity index (χ1) is 9.97. The van der Waals surface area contributed by atoms with Crippen LogP contribution >= 0.6 is 23.2 Å². The van der Waals surface area contributed by atoms with Gasteiger partial charge in [0.05, 0.1) is 13.0 Å². The van der Waals surface area contributed by atoms with E-state index in [1.54, 1.807) is 25.1 Å². The molecule has 0 bridgehead atoms. The summed E-state index contributed by atoms with van der Waals surface area (Å²) in [6.07, 6.45) is 0.898. The maximum Gasteiger partial charge on any atom is 0.325 e. The van der Waals surface area contributed by atoms with E-state index in [1.165, 1.54) is 4.90 Å². The zero-order valence-corrected chi connectivity index (χ0v) is 13.7. The predicted octanol–water partition coefficient (Wildman–Crippen LogP) is 3.34. The first-order valence-electron chi connectivity index (χ1n) is 6.85. The number of ether oxygens (including phenoxy) is 1. The van der Waals surface area contributed by atoms with Gasteiger partial charge >= 0.3 is 5.97 Å². The molecular weight excluding hydrogens is 313 g/mol. The van der Waals surface area contributed by atoms with Crippen LogP contribution in [0, 0.1) is 0 Å². The molecule has 0 unspecified atom stereocenters. The van der Waals surface area contributed by atoms with Gasteiger partial charge in [0, 0.05) is 16.6 Å². The van der Waals surface area contributed by atoms with E-state index in [4.69, 9.17) is 27.9 Å². The van der Waals surface area contributed by atoms with Crippen LogP contribution in [0.15, 0.2) is 18.2 Å². The topological polar surface area (TPSA) is 46.6 Å². The predicted molar refractivity (Wildman–Crippen MR) is 83.7 cm³/mol. The van der Waals surface area contributed by atoms with Crippen LogP contribution < -0.4 is 0 Å². The van der Waals surface area contributed by atoms with Crippen molar-refractivity contribution >= 4 is 35.1 Å². The fraction of sp³-hybridized carbons (Fsp3) is 0.467. The second-order valence-electron chi connectivity index (χ2n) is 4.53. The van der Waals surface area contributed by atoms with Crippen molar-refractivity contribution in [3.63, 3.8) is 0 Å². The maximum atomic E-state index is 12.3. The van der Waals surface area contributed by atoms with E-state index in [0.717, 1.165) is 6.42 Å². The summed E-state index contributed by atoms with van der Waals surface area (Å²) in [6, 6.07) is 5.00. The standard InChI is InChI=1S/C15H19Cl2NO3/c1-3-7-18(10-15(20)21-4-2)14(19)8-11-5-6-12(16)9-13(11)17/h5-6,9H,3-4,7-8,10H2,1-2H3. The van der Waals surface area contributed by atoms with Crippen molar-refractivity contribution in [2.75, 3.05) is 19.7 Å². The second-order valence-corrected chi connectivity index (χ2v) is 5.38. The molecule has 0 atom stereocenters. The van der Waals surface area contributed by atoms with E-state index in [9.17, 15) is 9.59 Å². The van der Waals surface area contributed by atoms with Gasteiger partial charge in [-0.05, 0) is 31.0 Å². The summed E-state index contributed by atoms with van der Waals surface area (Å²) in [4.78, 5) is 25.3. The van der Waals surface area contributed by atoms with Gasteiger partial charge in [-0.25, -0.2) is 0 Å². The third kappa shape index (κ3) is 5.94. The van der Waals surface area contributed by atoms with E-state index in [1.807, 2.05) is 6.92 Å². The van der Waals surface area contributed by atoms with Crippen LogP contribution in [-0.2, 0) is 20.7 Å². The average Bonchev–Trinajstić information content (AvgIpc) is 2.41. The number of esters is 1. The molecule has 0 saturated heterocycles. The number of hydrogen-bond acceptors (Lipinski definition) is 3. The Morgan fingerprint density at radius 3 is 2.52 bits per heavy atom. The monoisotopic (exact) mass is 331 g/mol. The molecule has 1 rings (SSSR count). The molecule has 116 valence electrons. The van der Waals surface area contributed by atoms with Crippen molar-refractivity contribution in [2.45, 2.75) is 26.7 Å². The molecule has 4 nitrogen and oxygen atoms in total. The van der Waals surface area contributed by atoms with Crippen molar-refractivity contribution in [2.24, 2.45) is 0 Å². The van der Waals surface area contributed by atoms with Crippen LogP contribution in [-0.4, -0.2) is 36.5 Å². The summed E-state index contributed by atoms with van der Waals surface area (Å²) in [7, 11) is 0. The van der Waals surface area contributed by atoms with E-state index in [-0.39, 0.29) is 18.9 Å². The van der Waals surface area contributed by atoms with Gasteiger partial charge in [0.2, 0.25) is 5.91 Å². The molecule has 0 radical (unpaired) electrons. The summed E-state index contributed by atoms with van der Waals surface area (Å²) in [6.45, 7) is 4.45. The smallest absolute Gasteiger partial charge is 0.325 e. The SMILES string of the molecule is CCCN(CC(=O)OCC)C(=O)Cc1ccc(Cl)cc1Cl. The summed E-state index contributed by atoms with van der Waals surface area (Å²) >= 11 is 11.9. The highest BCUT2D eigenvalue weighted by molar-refractivity contribution is 6.35. The third-order valence-electron chi connectivity index (χ3n) is 2.83. The van der Waals surface area contributed by atoms with Crippen molar-refractivity contribution in [1.82, 2.24) is 4.90 Å². The van der Waals surface area contributed by atoms with Gasteiger partial charge in [-0.2, -0.15) is 0 Å². The Bertz CT molecular complexity index is 506. The zero-order valence-electron chi connectivity index (χ0n) is 12.2. The Balaban J connectivity index is 2.74. The Kier molecular flexibility index (Phi) is 7.54. The summed E-state index contributed by atoms with van der Waals surface area (Å²) in [5.74, 6) is -0.560. The first kappa shape index (κ1) is 17.8. The minimum atomic E-state index is -0.401. The number of nitrogens with zero attached hydrogens (tertiary/aromatic N) is 1. The average molecular weight is 332 g/mol. The van der Waals surface area contributed by atoms with Crippen LogP contribution in [0.2, 0.25) is 10.0 Å². The number of hydrogen-bond donors (Lipinski definition) is 0. The van der Waals surface area contributed by atoms with Crippen LogP contribution in [0.1, 0.15) is 25.8 Å². The lowest BCUT2D eigenvalue weighted by Crippen LogP contribution is -2.38. The number of benzene rings is 1. The minimum absolute atomic E-state index is 0.0360. The normalized spacial score (nSPS) is 10.3. The second kappa shape index (κ2) is 8.90. The molecular formula is C15H19Cl2NO3. The number of amides is 1. The molecule has 0 N–H and O–H groups in total. The van der Waals surface area contributed by atoms with Gasteiger partial charge in [0.15, 0.2) is 0 Å². The quantitative estimate of drug-likeness (QED) is 0.720. The number of carbonyl (C=O) groups is 2. The van der Waals surface area contributed by atoms with Gasteiger partial charge < -0.3 is 9.64 Å². The van der Waals surface area contributed by atoms with E-state index < -0.39 is 5.97 Å². The lowest BCUT2D eigenvalue weighted by atomic mass is 10.1. The minimum Gasteiger partial charge on any atom is -0.465 e. The Labute approximate surface area is 135 Å². The fourth-order valence-electron chi connectivity index (χ4n) is 1.86. The molecule has 1 aromatic rings. The first-order valence-corrected chi connectivity index (χ1v) is 7.60. The van der Waals surface area contributed by atoms with Gasteiger partial charge in [-0.1, -0.05) is 36.2 Å². The van der Waals surface area contributed by atoms with Crippen LogP contribution in [0.4, 0.5) is 0 Å². The molecule has 0 aliphatic carbocycles. The van der Waals surface area contributed by atoms with Crippen molar-refractivity contribution in [3.8, 4) is 0 Å². The molecule has 0 aliphatic heterocycles. The van der Waals surface area contributed by atoms with Crippen LogP contribution in [0.25, 0.3) is 0 Å². The largest absolute Gasteiger partial charge is 0.465 e. The van der Waals surface area contributed by atoms with E-state index in [2.05, 4.69) is 0 Å². The van der Waals surface area contributed by atoms with Gasteiger partial charge in [-0.15, -0.1) is 0 Å². The van der Waals surface area contributed by atoms with Gasteiger partial charge in [-0.3, -0.25) is 9.59 Å². The third-order valence-corrected chi connectivity index (χ3v) is 3.42. The summed E-state index contributed by atoms with van der Waals surface area (Å²) in [5, 5.41) is 0.969. The molecule has 1 aromatic carbocycles. The summed E-state index contributed by atoms with van der Waals surface area (Å²) < 4.78 is 4.88. The van der Waals surface area contributed by atoms with E-state index in [0.29, 0.717) is 28.8 Å². The van der Waals surface area contributed by atoms with Gasteiger partial charge in [0.1, 0.15) is 6.54 Å². The van der Waals surface area contributed by atoms with Gasteiger partial charge in [0.25, 0.3) is 0 Å². The van der Waals surface area contributed by atoms with Crippen molar-refractivity contribution in [3.05, 3.63) is 33.8 Å². The highest BCUT2D eigenvalue weighted by Crippen LogP contribution is 2.21. The molecule has 0 fully saturated rings. The lowest BCUT2D eigenvalue weighted by molar-refractivity contribution is -0.148. The van der Waals surface area contributed by atoms with E-state index >= 15 is 0 Å².